The molecule has 0 saturated carbocycles. The topological polar surface area (TPSA) is 25.2 Å². The van der Waals surface area contributed by atoms with Crippen LogP contribution in [-0.4, -0.2) is 12.6 Å². The van der Waals surface area contributed by atoms with Crippen LogP contribution in [0.25, 0.3) is 6.08 Å². The van der Waals surface area contributed by atoms with Gasteiger partial charge >= 0.3 is 0 Å². The molecule has 2 nitrogen and oxygen atoms in total. The fourth-order valence-corrected chi connectivity index (χ4v) is 1.30. The van der Waals surface area contributed by atoms with Gasteiger partial charge in [-0.2, -0.15) is 0 Å². The van der Waals surface area contributed by atoms with Crippen molar-refractivity contribution < 1.29 is 4.42 Å². The number of hydrogen-bond acceptors (Lipinski definition) is 2. The Balaban J connectivity index is 2.23. The maximum atomic E-state index is 5.26. The van der Waals surface area contributed by atoms with Gasteiger partial charge in [0.15, 0.2) is 0 Å². The Morgan fingerprint density at radius 3 is 3.13 bits per heavy atom. The van der Waals surface area contributed by atoms with Gasteiger partial charge in [0.1, 0.15) is 5.76 Å². The monoisotopic (exact) mass is 203 g/mol. The third kappa shape index (κ3) is 4.53. The fraction of sp³-hybridized carbons (Fsp3) is 0.385. The molecule has 1 N–H and O–H groups in total. The van der Waals surface area contributed by atoms with E-state index >= 15 is 0 Å². The normalized spacial score (nSPS) is 12.8. The quantitative estimate of drug-likeness (QED) is 0.719. The van der Waals surface area contributed by atoms with Crippen molar-refractivity contribution >= 4 is 6.08 Å². The van der Waals surface area contributed by atoms with Gasteiger partial charge in [-0.1, -0.05) is 13.0 Å². The summed E-state index contributed by atoms with van der Waals surface area (Å²) in [5, 5.41) is 3.36. The van der Waals surface area contributed by atoms with Crippen molar-refractivity contribution in [1.82, 2.24) is 5.32 Å². The van der Waals surface area contributed by atoms with Gasteiger partial charge in [0.2, 0.25) is 0 Å². The van der Waals surface area contributed by atoms with Crippen LogP contribution < -0.4 is 5.32 Å². The number of furan rings is 1. The van der Waals surface area contributed by atoms with Gasteiger partial charge in [0, 0.05) is 19.0 Å². The lowest BCUT2D eigenvalue weighted by atomic mass is 10.1. The van der Waals surface area contributed by atoms with E-state index in [1.165, 1.54) is 0 Å². The molecule has 0 aliphatic carbocycles. The molecule has 15 heavy (non-hydrogen) atoms. The molecule has 1 rings (SSSR count). The fourth-order valence-electron chi connectivity index (χ4n) is 1.30. The summed E-state index contributed by atoms with van der Waals surface area (Å²) in [5.41, 5.74) is 0. The standard InChI is InChI=1S/C13H17NO/c1-3-7-12(4-2)14-10-5-8-13-9-6-11-15-13/h1,5-6,8-9,11-12,14H,4,7,10H2,2H3/b8-5+. The minimum Gasteiger partial charge on any atom is -0.465 e. The van der Waals surface area contributed by atoms with E-state index in [2.05, 4.69) is 18.2 Å². The molecule has 0 amide bonds. The summed E-state index contributed by atoms with van der Waals surface area (Å²) >= 11 is 0. The van der Waals surface area contributed by atoms with E-state index in [1.807, 2.05) is 24.3 Å². The van der Waals surface area contributed by atoms with Gasteiger partial charge in [-0.25, -0.2) is 0 Å². The average Bonchev–Trinajstić information content (AvgIpc) is 2.75. The predicted molar refractivity (Wildman–Crippen MR) is 63.3 cm³/mol. The zero-order valence-electron chi connectivity index (χ0n) is 9.07. The summed E-state index contributed by atoms with van der Waals surface area (Å²) in [4.78, 5) is 0. The summed E-state index contributed by atoms with van der Waals surface area (Å²) in [6.07, 6.45) is 12.8. The highest BCUT2D eigenvalue weighted by Crippen LogP contribution is 2.02. The molecular weight excluding hydrogens is 186 g/mol. The van der Waals surface area contributed by atoms with Crippen molar-refractivity contribution in [2.75, 3.05) is 6.54 Å². The molecule has 1 atom stereocenters. The molecule has 2 heteroatoms. The second-order valence-corrected chi connectivity index (χ2v) is 3.34. The van der Waals surface area contributed by atoms with Crippen LogP contribution in [0, 0.1) is 12.3 Å². The molecule has 0 aliphatic heterocycles. The number of hydrogen-bond donors (Lipinski definition) is 1. The van der Waals surface area contributed by atoms with Crippen LogP contribution in [-0.2, 0) is 0 Å². The Morgan fingerprint density at radius 2 is 2.53 bits per heavy atom. The van der Waals surface area contributed by atoms with E-state index < -0.39 is 0 Å². The van der Waals surface area contributed by atoms with E-state index in [9.17, 15) is 0 Å². The predicted octanol–water partition coefficient (Wildman–Crippen LogP) is 2.68. The average molecular weight is 203 g/mol. The smallest absolute Gasteiger partial charge is 0.126 e. The second-order valence-electron chi connectivity index (χ2n) is 3.34. The lowest BCUT2D eigenvalue weighted by molar-refractivity contribution is 0.535. The highest BCUT2D eigenvalue weighted by Gasteiger charge is 2.00. The van der Waals surface area contributed by atoms with E-state index in [1.54, 1.807) is 6.26 Å². The molecule has 1 aromatic heterocycles. The summed E-state index contributed by atoms with van der Waals surface area (Å²) in [7, 11) is 0. The zero-order chi connectivity index (χ0) is 10.9. The Kier molecular flexibility index (Phi) is 5.35. The SMILES string of the molecule is C#CCC(CC)NC/C=C/c1ccco1. The minimum absolute atomic E-state index is 0.413. The molecule has 0 fully saturated rings. The molecule has 0 bridgehead atoms. The van der Waals surface area contributed by atoms with Crippen LogP contribution in [0.2, 0.25) is 0 Å². The van der Waals surface area contributed by atoms with E-state index in [-0.39, 0.29) is 0 Å². The van der Waals surface area contributed by atoms with E-state index in [0.29, 0.717) is 6.04 Å². The van der Waals surface area contributed by atoms with Crippen LogP contribution >= 0.6 is 0 Å². The van der Waals surface area contributed by atoms with Crippen molar-refractivity contribution in [2.45, 2.75) is 25.8 Å². The molecule has 1 aromatic rings. The van der Waals surface area contributed by atoms with Crippen LogP contribution in [0.3, 0.4) is 0 Å². The number of nitrogens with one attached hydrogen (secondary N) is 1. The maximum absolute atomic E-state index is 5.26. The Bertz CT molecular complexity index is 319. The minimum atomic E-state index is 0.413. The van der Waals surface area contributed by atoms with Crippen molar-refractivity contribution in [2.24, 2.45) is 0 Å². The lowest BCUT2D eigenvalue weighted by Gasteiger charge is -2.11. The van der Waals surface area contributed by atoms with Crippen LogP contribution in [0.15, 0.2) is 28.9 Å². The van der Waals surface area contributed by atoms with Crippen molar-refractivity contribution in [3.63, 3.8) is 0 Å². The molecule has 80 valence electrons. The number of terminal acetylenes is 1. The first-order valence-corrected chi connectivity index (χ1v) is 5.23. The first-order chi connectivity index (χ1) is 7.36. The molecule has 0 aromatic carbocycles. The molecule has 0 radical (unpaired) electrons. The van der Waals surface area contributed by atoms with Crippen LogP contribution in [0.4, 0.5) is 0 Å². The van der Waals surface area contributed by atoms with Gasteiger partial charge in [-0.15, -0.1) is 12.3 Å². The highest BCUT2D eigenvalue weighted by molar-refractivity contribution is 5.42. The van der Waals surface area contributed by atoms with Gasteiger partial charge in [0.05, 0.1) is 6.26 Å². The maximum Gasteiger partial charge on any atom is 0.126 e. The van der Waals surface area contributed by atoms with Crippen LogP contribution in [0.5, 0.6) is 0 Å². The van der Waals surface area contributed by atoms with Gasteiger partial charge in [-0.3, -0.25) is 0 Å². The third-order valence-electron chi connectivity index (χ3n) is 2.21. The summed E-state index contributed by atoms with van der Waals surface area (Å²) in [6.45, 7) is 2.95. The van der Waals surface area contributed by atoms with Crippen molar-refractivity contribution in [1.29, 1.82) is 0 Å². The first kappa shape index (κ1) is 11.6. The zero-order valence-corrected chi connectivity index (χ0v) is 9.07. The Morgan fingerprint density at radius 1 is 1.67 bits per heavy atom. The summed E-state index contributed by atoms with van der Waals surface area (Å²) < 4.78 is 5.17. The van der Waals surface area contributed by atoms with E-state index in [0.717, 1.165) is 25.1 Å². The van der Waals surface area contributed by atoms with Gasteiger partial charge < -0.3 is 9.73 Å². The first-order valence-electron chi connectivity index (χ1n) is 5.23. The molecule has 1 unspecified atom stereocenters. The van der Waals surface area contributed by atoms with Crippen LogP contribution in [0.1, 0.15) is 25.5 Å². The van der Waals surface area contributed by atoms with E-state index in [4.69, 9.17) is 10.8 Å². The molecular formula is C13H17NO. The molecule has 0 aliphatic rings. The highest BCUT2D eigenvalue weighted by atomic mass is 16.3. The number of rotatable bonds is 6. The molecule has 0 saturated heterocycles. The van der Waals surface area contributed by atoms with Crippen molar-refractivity contribution in [3.8, 4) is 12.3 Å². The largest absolute Gasteiger partial charge is 0.465 e. The lowest BCUT2D eigenvalue weighted by Crippen LogP contribution is -2.27. The summed E-state index contributed by atoms with van der Waals surface area (Å²) in [6, 6.07) is 4.21. The van der Waals surface area contributed by atoms with Gasteiger partial charge in [0.25, 0.3) is 0 Å². The Hall–Kier alpha value is -1.46. The molecule has 0 spiro atoms. The second kappa shape index (κ2) is 6.92. The Labute approximate surface area is 91.4 Å². The van der Waals surface area contributed by atoms with Gasteiger partial charge in [-0.05, 0) is 24.6 Å². The summed E-state index contributed by atoms with van der Waals surface area (Å²) in [5.74, 6) is 3.54. The molecule has 1 heterocycles. The third-order valence-corrected chi connectivity index (χ3v) is 2.21. The van der Waals surface area contributed by atoms with Crippen molar-refractivity contribution in [3.05, 3.63) is 30.2 Å².